The summed E-state index contributed by atoms with van der Waals surface area (Å²) in [5, 5.41) is 14.1. The Bertz CT molecular complexity index is 518. The van der Waals surface area contributed by atoms with Crippen LogP contribution < -0.4 is 10.6 Å². The molecule has 0 spiro atoms. The van der Waals surface area contributed by atoms with Crippen molar-refractivity contribution >= 4 is 34.3 Å². The van der Waals surface area contributed by atoms with Crippen LogP contribution in [0.2, 0.25) is 0 Å². The predicted molar refractivity (Wildman–Crippen MR) is 80.3 cm³/mol. The summed E-state index contributed by atoms with van der Waals surface area (Å²) in [6.07, 6.45) is 0. The van der Waals surface area contributed by atoms with Gasteiger partial charge in [0.1, 0.15) is 0 Å². The highest BCUT2D eigenvalue weighted by molar-refractivity contribution is 14.1. The van der Waals surface area contributed by atoms with Gasteiger partial charge in [-0.25, -0.2) is 0 Å². The number of ether oxygens (including phenoxy) is 1. The molecule has 1 aromatic heterocycles. The Kier molecular flexibility index (Phi) is 5.55. The Morgan fingerprint density at radius 3 is 3.05 bits per heavy atom. The lowest BCUT2D eigenvalue weighted by atomic mass is 10.3. The van der Waals surface area contributed by atoms with E-state index >= 15 is 0 Å². The molecular weight excluding hydrogens is 359 g/mol. The van der Waals surface area contributed by atoms with Gasteiger partial charge in [-0.05, 0) is 40.8 Å². The van der Waals surface area contributed by atoms with Gasteiger partial charge in [-0.1, -0.05) is 11.2 Å². The standard InChI is InChI=1S/C12H15IN4O2/c1-18-6-5-14-8-11-16-17-12(19-11)15-10-4-2-3-9(13)7-10/h2-4,7,14H,5-6,8H2,1H3,(H,15,17). The Morgan fingerprint density at radius 2 is 2.26 bits per heavy atom. The highest BCUT2D eigenvalue weighted by atomic mass is 127. The van der Waals surface area contributed by atoms with Gasteiger partial charge in [-0.15, -0.1) is 5.10 Å². The van der Waals surface area contributed by atoms with E-state index in [-0.39, 0.29) is 0 Å². The van der Waals surface area contributed by atoms with Gasteiger partial charge >= 0.3 is 6.01 Å². The predicted octanol–water partition coefficient (Wildman–Crippen LogP) is 2.15. The number of anilines is 2. The first-order valence-corrected chi connectivity index (χ1v) is 6.90. The average molecular weight is 374 g/mol. The molecule has 0 saturated heterocycles. The first-order valence-electron chi connectivity index (χ1n) is 5.82. The number of rotatable bonds is 7. The van der Waals surface area contributed by atoms with Crippen molar-refractivity contribution in [2.75, 3.05) is 25.6 Å². The van der Waals surface area contributed by atoms with Crippen molar-refractivity contribution in [3.8, 4) is 0 Å². The van der Waals surface area contributed by atoms with Crippen LogP contribution in [0.3, 0.4) is 0 Å². The van der Waals surface area contributed by atoms with Crippen molar-refractivity contribution in [3.05, 3.63) is 33.7 Å². The third kappa shape index (κ3) is 4.77. The maximum absolute atomic E-state index is 5.47. The molecule has 0 amide bonds. The van der Waals surface area contributed by atoms with Crippen molar-refractivity contribution in [2.45, 2.75) is 6.54 Å². The molecule has 2 N–H and O–H groups in total. The third-order valence-corrected chi connectivity index (χ3v) is 2.97. The molecule has 1 aromatic carbocycles. The van der Waals surface area contributed by atoms with Crippen molar-refractivity contribution in [2.24, 2.45) is 0 Å². The molecule has 0 atom stereocenters. The molecule has 102 valence electrons. The molecular formula is C12H15IN4O2. The van der Waals surface area contributed by atoms with Gasteiger partial charge in [0.15, 0.2) is 0 Å². The average Bonchev–Trinajstić information content (AvgIpc) is 2.82. The van der Waals surface area contributed by atoms with Crippen LogP contribution in [-0.2, 0) is 11.3 Å². The molecule has 19 heavy (non-hydrogen) atoms. The molecule has 0 bridgehead atoms. The van der Waals surface area contributed by atoms with Crippen LogP contribution in [0.25, 0.3) is 0 Å². The fourth-order valence-corrected chi connectivity index (χ4v) is 1.98. The second-order valence-electron chi connectivity index (χ2n) is 3.81. The van der Waals surface area contributed by atoms with Gasteiger partial charge in [-0.3, -0.25) is 0 Å². The highest BCUT2D eigenvalue weighted by Crippen LogP contribution is 2.17. The maximum atomic E-state index is 5.47. The summed E-state index contributed by atoms with van der Waals surface area (Å²) in [7, 11) is 1.66. The molecule has 6 nitrogen and oxygen atoms in total. The second kappa shape index (κ2) is 7.41. The summed E-state index contributed by atoms with van der Waals surface area (Å²) >= 11 is 2.25. The van der Waals surface area contributed by atoms with Crippen LogP contribution in [0.4, 0.5) is 11.7 Å². The van der Waals surface area contributed by atoms with E-state index in [2.05, 4.69) is 43.4 Å². The maximum Gasteiger partial charge on any atom is 0.320 e. The Balaban J connectivity index is 1.87. The van der Waals surface area contributed by atoms with Crippen molar-refractivity contribution < 1.29 is 9.15 Å². The molecule has 1 heterocycles. The molecule has 0 saturated carbocycles. The van der Waals surface area contributed by atoms with E-state index in [1.165, 1.54) is 0 Å². The van der Waals surface area contributed by atoms with Gasteiger partial charge in [-0.2, -0.15) is 0 Å². The number of hydrogen-bond acceptors (Lipinski definition) is 6. The Morgan fingerprint density at radius 1 is 1.37 bits per heavy atom. The minimum absolute atomic E-state index is 0.394. The number of halogens is 1. The van der Waals surface area contributed by atoms with Crippen LogP contribution in [-0.4, -0.2) is 30.5 Å². The summed E-state index contributed by atoms with van der Waals surface area (Å²) < 4.78 is 11.5. The molecule has 7 heteroatoms. The molecule has 2 aromatic rings. The van der Waals surface area contributed by atoms with Crippen LogP contribution in [0.15, 0.2) is 28.7 Å². The molecule has 0 aliphatic heterocycles. The SMILES string of the molecule is COCCNCc1nnc(Nc2cccc(I)c2)o1. The normalized spacial score (nSPS) is 10.6. The number of nitrogens with one attached hydrogen (secondary N) is 2. The first kappa shape index (κ1) is 14.2. The quantitative estimate of drug-likeness (QED) is 0.572. The van der Waals surface area contributed by atoms with E-state index in [0.717, 1.165) is 15.8 Å². The van der Waals surface area contributed by atoms with E-state index in [1.807, 2.05) is 24.3 Å². The summed E-state index contributed by atoms with van der Waals surface area (Å²) in [6, 6.07) is 8.33. The van der Waals surface area contributed by atoms with E-state index < -0.39 is 0 Å². The van der Waals surface area contributed by atoms with E-state index in [0.29, 0.717) is 25.1 Å². The van der Waals surface area contributed by atoms with Gasteiger partial charge in [0.05, 0.1) is 13.2 Å². The zero-order chi connectivity index (χ0) is 13.5. The number of benzene rings is 1. The zero-order valence-corrected chi connectivity index (χ0v) is 12.7. The molecule has 0 aliphatic rings. The number of methoxy groups -OCH3 is 1. The summed E-state index contributed by atoms with van der Waals surface area (Å²) in [6.45, 7) is 1.94. The topological polar surface area (TPSA) is 72.2 Å². The number of aromatic nitrogens is 2. The van der Waals surface area contributed by atoms with Crippen molar-refractivity contribution in [1.29, 1.82) is 0 Å². The molecule has 0 radical (unpaired) electrons. The summed E-state index contributed by atoms with van der Waals surface area (Å²) in [5.41, 5.74) is 0.925. The van der Waals surface area contributed by atoms with E-state index in [9.17, 15) is 0 Å². The molecule has 2 rings (SSSR count). The largest absolute Gasteiger partial charge is 0.406 e. The van der Waals surface area contributed by atoms with Gasteiger partial charge < -0.3 is 19.8 Å². The summed E-state index contributed by atoms with van der Waals surface area (Å²) in [5.74, 6) is 0.546. The van der Waals surface area contributed by atoms with Crippen molar-refractivity contribution in [1.82, 2.24) is 15.5 Å². The van der Waals surface area contributed by atoms with Gasteiger partial charge in [0.2, 0.25) is 5.89 Å². The zero-order valence-electron chi connectivity index (χ0n) is 10.5. The minimum Gasteiger partial charge on any atom is -0.406 e. The van der Waals surface area contributed by atoms with Crippen molar-refractivity contribution in [3.63, 3.8) is 0 Å². The van der Waals surface area contributed by atoms with Gasteiger partial charge in [0, 0.05) is 22.9 Å². The fourth-order valence-electron chi connectivity index (χ4n) is 1.43. The van der Waals surface area contributed by atoms with Crippen LogP contribution in [0, 0.1) is 3.57 Å². The Hall–Kier alpha value is -1.19. The van der Waals surface area contributed by atoms with Gasteiger partial charge in [0.25, 0.3) is 0 Å². The first-order chi connectivity index (χ1) is 9.28. The van der Waals surface area contributed by atoms with Crippen LogP contribution >= 0.6 is 22.6 Å². The molecule has 0 aliphatic carbocycles. The lowest BCUT2D eigenvalue weighted by Gasteiger charge is -2.01. The summed E-state index contributed by atoms with van der Waals surface area (Å²) in [4.78, 5) is 0. The minimum atomic E-state index is 0.394. The van der Waals surface area contributed by atoms with Crippen LogP contribution in [0.5, 0.6) is 0 Å². The number of nitrogens with zero attached hydrogens (tertiary/aromatic N) is 2. The van der Waals surface area contributed by atoms with Crippen LogP contribution in [0.1, 0.15) is 5.89 Å². The smallest absolute Gasteiger partial charge is 0.320 e. The lowest BCUT2D eigenvalue weighted by molar-refractivity contribution is 0.198. The molecule has 0 fully saturated rings. The highest BCUT2D eigenvalue weighted by Gasteiger charge is 2.05. The molecule has 0 unspecified atom stereocenters. The second-order valence-corrected chi connectivity index (χ2v) is 5.05. The fraction of sp³-hybridized carbons (Fsp3) is 0.333. The number of hydrogen-bond donors (Lipinski definition) is 2. The van der Waals surface area contributed by atoms with E-state index in [1.54, 1.807) is 7.11 Å². The van der Waals surface area contributed by atoms with E-state index in [4.69, 9.17) is 9.15 Å². The third-order valence-electron chi connectivity index (χ3n) is 2.30. The Labute approximate surface area is 125 Å². The lowest BCUT2D eigenvalue weighted by Crippen LogP contribution is -2.18. The monoisotopic (exact) mass is 374 g/mol.